The lowest BCUT2D eigenvalue weighted by Crippen LogP contribution is -2.58. The number of aromatic nitrogens is 5. The van der Waals surface area contributed by atoms with Gasteiger partial charge in [-0.3, -0.25) is 9.36 Å². The Hall–Kier alpha value is -3.48. The van der Waals surface area contributed by atoms with Crippen molar-refractivity contribution >= 4 is 16.9 Å². The van der Waals surface area contributed by atoms with Crippen molar-refractivity contribution < 1.29 is 4.79 Å². The van der Waals surface area contributed by atoms with E-state index in [0.717, 1.165) is 79.5 Å². The molecule has 7 nitrogen and oxygen atoms in total. The third kappa shape index (κ3) is 3.72. The predicted molar refractivity (Wildman–Crippen MR) is 140 cm³/mol. The maximum Gasteiger partial charge on any atom is 0.244 e. The molecule has 2 saturated carbocycles. The Bertz CT molecular complexity index is 1310. The van der Waals surface area contributed by atoms with Crippen LogP contribution < -0.4 is 5.73 Å². The van der Waals surface area contributed by atoms with Crippen LogP contribution >= 0.6 is 0 Å². The number of carbonyl (C=O) groups excluding carboxylic acids is 1. The van der Waals surface area contributed by atoms with Crippen LogP contribution in [-0.2, 0) is 10.3 Å². The molecule has 2 fully saturated rings. The second kappa shape index (κ2) is 9.52. The summed E-state index contributed by atoms with van der Waals surface area (Å²) < 4.78 is 4.16. The number of hydrogen-bond donors (Lipinski definition) is 1. The Balaban J connectivity index is 1.59. The third-order valence-electron chi connectivity index (χ3n) is 8.62. The molecule has 6 rings (SSSR count). The summed E-state index contributed by atoms with van der Waals surface area (Å²) in [7, 11) is 0. The molecule has 0 spiro atoms. The van der Waals surface area contributed by atoms with Gasteiger partial charge < -0.3 is 10.3 Å². The van der Waals surface area contributed by atoms with Crippen LogP contribution in [0.1, 0.15) is 64.2 Å². The van der Waals surface area contributed by atoms with Crippen molar-refractivity contribution in [3.63, 3.8) is 0 Å². The molecular weight excluding hydrogens is 448 g/mol. The van der Waals surface area contributed by atoms with Gasteiger partial charge in [-0.2, -0.15) is 0 Å². The van der Waals surface area contributed by atoms with Gasteiger partial charge >= 0.3 is 0 Å². The van der Waals surface area contributed by atoms with Gasteiger partial charge in [0.1, 0.15) is 24.0 Å². The monoisotopic (exact) mass is 482 g/mol. The van der Waals surface area contributed by atoms with Crippen LogP contribution in [0.2, 0.25) is 0 Å². The fourth-order valence-electron chi connectivity index (χ4n) is 7.01. The quantitative estimate of drug-likeness (QED) is 0.386. The van der Waals surface area contributed by atoms with E-state index in [1.807, 2.05) is 22.8 Å². The Kier molecular flexibility index (Phi) is 6.07. The molecule has 2 aromatic heterocycles. The molecule has 2 heterocycles. The van der Waals surface area contributed by atoms with Crippen LogP contribution in [0, 0.1) is 11.8 Å². The van der Waals surface area contributed by atoms with E-state index in [4.69, 9.17) is 10.7 Å². The lowest BCUT2D eigenvalue weighted by atomic mass is 9.63. The van der Waals surface area contributed by atoms with E-state index >= 15 is 0 Å². The first-order chi connectivity index (χ1) is 17.7. The van der Waals surface area contributed by atoms with E-state index in [2.05, 4.69) is 45.1 Å². The average Bonchev–Trinajstić information content (AvgIpc) is 3.60. The first kappa shape index (κ1) is 23.0. The average molecular weight is 483 g/mol. The molecule has 186 valence electrons. The SMILES string of the molecule is NC(=O)C(C1CCCCC1)(C1CCCCC1)n1c(-c2ccc(-n3cnnc3)cc2)nc2ccccc21. The number of fused-ring (bicyclic) bond motifs is 1. The summed E-state index contributed by atoms with van der Waals surface area (Å²) in [6.07, 6.45) is 14.6. The van der Waals surface area contributed by atoms with Gasteiger partial charge in [0, 0.05) is 11.3 Å². The van der Waals surface area contributed by atoms with Crippen LogP contribution in [0.3, 0.4) is 0 Å². The van der Waals surface area contributed by atoms with Crippen molar-refractivity contribution in [2.24, 2.45) is 17.6 Å². The Labute approximate surface area is 211 Å². The summed E-state index contributed by atoms with van der Waals surface area (Å²) >= 11 is 0. The molecule has 7 heteroatoms. The molecule has 2 aliphatic carbocycles. The van der Waals surface area contributed by atoms with Crippen LogP contribution in [0.15, 0.2) is 61.2 Å². The molecule has 0 saturated heterocycles. The Morgan fingerprint density at radius 3 is 1.97 bits per heavy atom. The number of benzene rings is 2. The van der Waals surface area contributed by atoms with Gasteiger partial charge in [-0.15, -0.1) is 10.2 Å². The highest BCUT2D eigenvalue weighted by molar-refractivity contribution is 5.90. The summed E-state index contributed by atoms with van der Waals surface area (Å²) in [5, 5.41) is 7.84. The van der Waals surface area contributed by atoms with Gasteiger partial charge in [0.15, 0.2) is 0 Å². The van der Waals surface area contributed by atoms with Gasteiger partial charge in [0.2, 0.25) is 5.91 Å². The van der Waals surface area contributed by atoms with Crippen LogP contribution in [0.5, 0.6) is 0 Å². The maximum absolute atomic E-state index is 13.9. The molecule has 4 aromatic rings. The summed E-state index contributed by atoms with van der Waals surface area (Å²) in [5.41, 5.74) is 9.65. The molecule has 0 radical (unpaired) electrons. The second-order valence-corrected chi connectivity index (χ2v) is 10.5. The van der Waals surface area contributed by atoms with Crippen molar-refractivity contribution in [1.82, 2.24) is 24.3 Å². The molecule has 0 atom stereocenters. The number of carbonyl (C=O) groups is 1. The zero-order valence-electron chi connectivity index (χ0n) is 20.7. The van der Waals surface area contributed by atoms with Gasteiger partial charge in [0.25, 0.3) is 0 Å². The minimum Gasteiger partial charge on any atom is -0.368 e. The van der Waals surface area contributed by atoms with Gasteiger partial charge in [0.05, 0.1) is 11.0 Å². The largest absolute Gasteiger partial charge is 0.368 e. The van der Waals surface area contributed by atoms with Gasteiger partial charge in [-0.05, 0) is 73.9 Å². The number of nitrogens with zero attached hydrogens (tertiary/aromatic N) is 5. The fourth-order valence-corrected chi connectivity index (χ4v) is 7.01. The number of rotatable bonds is 6. The van der Waals surface area contributed by atoms with Crippen molar-refractivity contribution in [2.45, 2.75) is 69.7 Å². The number of hydrogen-bond acceptors (Lipinski definition) is 4. The minimum atomic E-state index is -0.779. The van der Waals surface area contributed by atoms with Gasteiger partial charge in [-0.25, -0.2) is 4.98 Å². The summed E-state index contributed by atoms with van der Waals surface area (Å²) in [6, 6.07) is 16.5. The molecule has 2 N–H and O–H groups in total. The summed E-state index contributed by atoms with van der Waals surface area (Å²) in [4.78, 5) is 19.0. The number of para-hydroxylation sites is 2. The zero-order valence-corrected chi connectivity index (χ0v) is 20.7. The van der Waals surface area contributed by atoms with Crippen molar-refractivity contribution in [2.75, 3.05) is 0 Å². The molecule has 36 heavy (non-hydrogen) atoms. The number of nitrogens with two attached hydrogens (primary N) is 1. The van der Waals surface area contributed by atoms with Crippen LogP contribution in [0.25, 0.3) is 28.1 Å². The lowest BCUT2D eigenvalue weighted by molar-refractivity contribution is -0.135. The Morgan fingerprint density at radius 1 is 0.806 bits per heavy atom. The molecular formula is C29H34N6O. The highest BCUT2D eigenvalue weighted by atomic mass is 16.1. The predicted octanol–water partition coefficient (Wildman–Crippen LogP) is 5.63. The second-order valence-electron chi connectivity index (χ2n) is 10.5. The van der Waals surface area contributed by atoms with Crippen molar-refractivity contribution in [1.29, 1.82) is 0 Å². The van der Waals surface area contributed by atoms with E-state index in [1.54, 1.807) is 12.7 Å². The first-order valence-corrected chi connectivity index (χ1v) is 13.4. The Morgan fingerprint density at radius 2 is 1.39 bits per heavy atom. The summed E-state index contributed by atoms with van der Waals surface area (Å²) in [6.45, 7) is 0. The maximum atomic E-state index is 13.9. The smallest absolute Gasteiger partial charge is 0.244 e. The third-order valence-corrected chi connectivity index (χ3v) is 8.62. The number of amides is 1. The fraction of sp³-hybridized carbons (Fsp3) is 0.448. The van der Waals surface area contributed by atoms with E-state index in [9.17, 15) is 4.79 Å². The van der Waals surface area contributed by atoms with Crippen molar-refractivity contribution in [3.8, 4) is 17.1 Å². The van der Waals surface area contributed by atoms with E-state index < -0.39 is 5.54 Å². The van der Waals surface area contributed by atoms with E-state index in [1.165, 1.54) is 12.8 Å². The van der Waals surface area contributed by atoms with Crippen LogP contribution in [-0.4, -0.2) is 30.2 Å². The van der Waals surface area contributed by atoms with Gasteiger partial charge in [-0.1, -0.05) is 50.7 Å². The highest BCUT2D eigenvalue weighted by Gasteiger charge is 2.53. The summed E-state index contributed by atoms with van der Waals surface area (Å²) in [5.74, 6) is 1.09. The zero-order chi connectivity index (χ0) is 24.5. The van der Waals surface area contributed by atoms with Crippen LogP contribution in [0.4, 0.5) is 0 Å². The minimum absolute atomic E-state index is 0.188. The molecule has 2 aliphatic rings. The molecule has 0 aliphatic heterocycles. The topological polar surface area (TPSA) is 91.6 Å². The van der Waals surface area contributed by atoms with E-state index in [-0.39, 0.29) is 17.7 Å². The molecule has 1 amide bonds. The number of imidazole rings is 1. The normalized spacial score (nSPS) is 18.0. The highest BCUT2D eigenvalue weighted by Crippen LogP contribution is 2.50. The van der Waals surface area contributed by atoms with E-state index in [0.29, 0.717) is 0 Å². The lowest BCUT2D eigenvalue weighted by Gasteiger charge is -2.48. The first-order valence-electron chi connectivity index (χ1n) is 13.4. The molecule has 2 aromatic carbocycles. The number of primary amides is 1. The molecule has 0 unspecified atom stereocenters. The standard InChI is InChI=1S/C29H34N6O/c30-28(36)29(22-9-3-1-4-10-22,23-11-5-2-6-12-23)35-26-14-8-7-13-25(26)33-27(35)21-15-17-24(18-16-21)34-19-31-32-20-34/h7-8,13-20,22-23H,1-6,9-12H2,(H2,30,36). The molecule has 0 bridgehead atoms. The van der Waals surface area contributed by atoms with Crippen molar-refractivity contribution in [3.05, 3.63) is 61.2 Å².